The van der Waals surface area contributed by atoms with Crippen LogP contribution in [0.2, 0.25) is 0 Å². The number of ether oxygens (including phenoxy) is 1. The van der Waals surface area contributed by atoms with E-state index in [2.05, 4.69) is 5.32 Å². The molecule has 1 rings (SSSR count). The van der Waals surface area contributed by atoms with Gasteiger partial charge in [0.2, 0.25) is 11.8 Å². The summed E-state index contributed by atoms with van der Waals surface area (Å²) < 4.78 is 5.10. The van der Waals surface area contributed by atoms with Crippen molar-refractivity contribution < 1.29 is 14.3 Å². The Morgan fingerprint density at radius 1 is 1.15 bits per heavy atom. The summed E-state index contributed by atoms with van der Waals surface area (Å²) in [7, 11) is 1.63. The van der Waals surface area contributed by atoms with Gasteiger partial charge in [-0.05, 0) is 24.1 Å². The van der Waals surface area contributed by atoms with Crippen LogP contribution in [0.15, 0.2) is 24.3 Å². The van der Waals surface area contributed by atoms with Crippen molar-refractivity contribution in [2.24, 2.45) is 0 Å². The SMILES string of the molecule is COc1ccc(CCN(CCNC(C)=O)C(C)=O)cc1. The molecule has 0 unspecified atom stereocenters. The number of rotatable bonds is 7. The highest BCUT2D eigenvalue weighted by atomic mass is 16.5. The molecule has 2 amide bonds. The Balaban J connectivity index is 2.44. The van der Waals surface area contributed by atoms with Crippen LogP contribution < -0.4 is 10.1 Å². The predicted octanol–water partition coefficient (Wildman–Crippen LogP) is 1.22. The van der Waals surface area contributed by atoms with Crippen molar-refractivity contribution in [3.63, 3.8) is 0 Å². The maximum atomic E-state index is 11.5. The molecule has 110 valence electrons. The third-order valence-corrected chi connectivity index (χ3v) is 3.03. The normalized spacial score (nSPS) is 9.95. The first-order valence-corrected chi connectivity index (χ1v) is 6.66. The summed E-state index contributed by atoms with van der Waals surface area (Å²) in [6, 6.07) is 7.80. The highest BCUT2D eigenvalue weighted by molar-refractivity contribution is 5.74. The summed E-state index contributed by atoms with van der Waals surface area (Å²) in [5, 5.41) is 2.69. The third kappa shape index (κ3) is 5.73. The van der Waals surface area contributed by atoms with Gasteiger partial charge in [-0.2, -0.15) is 0 Å². The van der Waals surface area contributed by atoms with Gasteiger partial charge in [0.1, 0.15) is 5.75 Å². The van der Waals surface area contributed by atoms with Gasteiger partial charge in [-0.15, -0.1) is 0 Å². The van der Waals surface area contributed by atoms with Crippen molar-refractivity contribution in [1.29, 1.82) is 0 Å². The Morgan fingerprint density at radius 3 is 2.30 bits per heavy atom. The molecule has 20 heavy (non-hydrogen) atoms. The van der Waals surface area contributed by atoms with Crippen LogP contribution in [0.1, 0.15) is 19.4 Å². The van der Waals surface area contributed by atoms with E-state index in [1.165, 1.54) is 6.92 Å². The summed E-state index contributed by atoms with van der Waals surface area (Å²) >= 11 is 0. The predicted molar refractivity (Wildman–Crippen MR) is 77.6 cm³/mol. The first kappa shape index (κ1) is 16.0. The van der Waals surface area contributed by atoms with Crippen molar-refractivity contribution in [2.75, 3.05) is 26.7 Å². The average Bonchev–Trinajstić information content (AvgIpc) is 2.42. The number of nitrogens with zero attached hydrogens (tertiary/aromatic N) is 1. The quantitative estimate of drug-likeness (QED) is 0.816. The minimum Gasteiger partial charge on any atom is -0.497 e. The van der Waals surface area contributed by atoms with Crippen LogP contribution in [0.25, 0.3) is 0 Å². The number of methoxy groups -OCH3 is 1. The summed E-state index contributed by atoms with van der Waals surface area (Å²) in [5.74, 6) is 0.760. The fraction of sp³-hybridized carbons (Fsp3) is 0.467. The molecule has 0 saturated heterocycles. The van der Waals surface area contributed by atoms with Crippen molar-refractivity contribution >= 4 is 11.8 Å². The van der Waals surface area contributed by atoms with Crippen molar-refractivity contribution in [2.45, 2.75) is 20.3 Å². The van der Waals surface area contributed by atoms with Crippen molar-refractivity contribution in [3.05, 3.63) is 29.8 Å². The van der Waals surface area contributed by atoms with Gasteiger partial charge in [0.25, 0.3) is 0 Å². The summed E-state index contributed by atoms with van der Waals surface area (Å²) in [5.41, 5.74) is 1.15. The van der Waals surface area contributed by atoms with Gasteiger partial charge in [0, 0.05) is 33.5 Å². The van der Waals surface area contributed by atoms with Crippen LogP contribution in [0.3, 0.4) is 0 Å². The maximum Gasteiger partial charge on any atom is 0.219 e. The summed E-state index contributed by atoms with van der Waals surface area (Å²) in [6.45, 7) is 4.67. The molecule has 5 nitrogen and oxygen atoms in total. The second kappa shape index (κ2) is 8.19. The van der Waals surface area contributed by atoms with E-state index in [1.54, 1.807) is 18.9 Å². The molecule has 0 aromatic heterocycles. The molecule has 0 aliphatic rings. The minimum absolute atomic E-state index is 0.0175. The van der Waals surface area contributed by atoms with Crippen LogP contribution >= 0.6 is 0 Å². The number of hydrogen-bond acceptors (Lipinski definition) is 3. The second-order valence-electron chi connectivity index (χ2n) is 4.59. The van der Waals surface area contributed by atoms with Gasteiger partial charge < -0.3 is 15.0 Å². The van der Waals surface area contributed by atoms with Crippen LogP contribution in [0, 0.1) is 0 Å². The highest BCUT2D eigenvalue weighted by Gasteiger charge is 2.08. The molecule has 0 radical (unpaired) electrons. The molecule has 0 fully saturated rings. The van der Waals surface area contributed by atoms with Crippen LogP contribution in [-0.4, -0.2) is 43.5 Å². The van der Waals surface area contributed by atoms with E-state index in [-0.39, 0.29) is 11.8 Å². The molecule has 0 aliphatic carbocycles. The summed E-state index contributed by atoms with van der Waals surface area (Å²) in [6.07, 6.45) is 0.781. The fourth-order valence-corrected chi connectivity index (χ4v) is 1.85. The lowest BCUT2D eigenvalue weighted by Crippen LogP contribution is -2.38. The van der Waals surface area contributed by atoms with Gasteiger partial charge in [-0.3, -0.25) is 9.59 Å². The van der Waals surface area contributed by atoms with Crippen LogP contribution in [-0.2, 0) is 16.0 Å². The smallest absolute Gasteiger partial charge is 0.219 e. The largest absolute Gasteiger partial charge is 0.497 e. The van der Waals surface area contributed by atoms with Gasteiger partial charge >= 0.3 is 0 Å². The zero-order chi connectivity index (χ0) is 15.0. The standard InChI is InChI=1S/C15H22N2O3/c1-12(18)16-9-11-17(13(2)19)10-8-14-4-6-15(20-3)7-5-14/h4-7H,8-11H2,1-3H3,(H,16,18). The first-order chi connectivity index (χ1) is 9.52. The van der Waals surface area contributed by atoms with Crippen molar-refractivity contribution in [3.8, 4) is 5.75 Å². The lowest BCUT2D eigenvalue weighted by atomic mass is 10.1. The van der Waals surface area contributed by atoms with E-state index >= 15 is 0 Å². The lowest BCUT2D eigenvalue weighted by Gasteiger charge is -2.21. The Kier molecular flexibility index (Phi) is 6.56. The Morgan fingerprint density at radius 2 is 1.80 bits per heavy atom. The van der Waals surface area contributed by atoms with Crippen molar-refractivity contribution in [1.82, 2.24) is 10.2 Å². The molecular formula is C15H22N2O3. The van der Waals surface area contributed by atoms with Gasteiger partial charge in [0.05, 0.1) is 7.11 Å². The van der Waals surface area contributed by atoms with E-state index in [1.807, 2.05) is 24.3 Å². The molecule has 0 atom stereocenters. The zero-order valence-electron chi connectivity index (χ0n) is 12.3. The van der Waals surface area contributed by atoms with Crippen LogP contribution in [0.5, 0.6) is 5.75 Å². The molecule has 0 bridgehead atoms. The number of amides is 2. The topological polar surface area (TPSA) is 58.6 Å². The second-order valence-corrected chi connectivity index (χ2v) is 4.59. The number of benzene rings is 1. The number of nitrogens with one attached hydrogen (secondary N) is 1. The molecule has 5 heteroatoms. The highest BCUT2D eigenvalue weighted by Crippen LogP contribution is 2.12. The van der Waals surface area contributed by atoms with Gasteiger partial charge in [-0.25, -0.2) is 0 Å². The number of hydrogen-bond donors (Lipinski definition) is 1. The van der Waals surface area contributed by atoms with Gasteiger partial charge in [-0.1, -0.05) is 12.1 Å². The zero-order valence-corrected chi connectivity index (χ0v) is 12.3. The Hall–Kier alpha value is -2.04. The van der Waals surface area contributed by atoms with E-state index < -0.39 is 0 Å². The first-order valence-electron chi connectivity index (χ1n) is 6.66. The average molecular weight is 278 g/mol. The van der Waals surface area contributed by atoms with E-state index in [0.29, 0.717) is 19.6 Å². The molecular weight excluding hydrogens is 256 g/mol. The molecule has 0 saturated carbocycles. The molecule has 1 N–H and O–H groups in total. The van der Waals surface area contributed by atoms with Crippen LogP contribution in [0.4, 0.5) is 0 Å². The monoisotopic (exact) mass is 278 g/mol. The lowest BCUT2D eigenvalue weighted by molar-refractivity contribution is -0.129. The number of carbonyl (C=O) groups excluding carboxylic acids is 2. The third-order valence-electron chi connectivity index (χ3n) is 3.03. The van der Waals surface area contributed by atoms with E-state index in [0.717, 1.165) is 17.7 Å². The summed E-state index contributed by atoms with van der Waals surface area (Å²) in [4.78, 5) is 24.1. The molecule has 0 aliphatic heterocycles. The minimum atomic E-state index is -0.0799. The van der Waals surface area contributed by atoms with Gasteiger partial charge in [0.15, 0.2) is 0 Å². The molecule has 1 aromatic carbocycles. The van der Waals surface area contributed by atoms with E-state index in [4.69, 9.17) is 4.74 Å². The molecule has 1 aromatic rings. The molecule has 0 spiro atoms. The molecule has 0 heterocycles. The maximum absolute atomic E-state index is 11.5. The fourth-order valence-electron chi connectivity index (χ4n) is 1.85. The Bertz CT molecular complexity index is 443. The van der Waals surface area contributed by atoms with E-state index in [9.17, 15) is 9.59 Å². The Labute approximate surface area is 119 Å². The number of carbonyl (C=O) groups is 2.